The van der Waals surface area contributed by atoms with Gasteiger partial charge in [-0.3, -0.25) is 0 Å². The molecule has 19 heavy (non-hydrogen) atoms. The number of nitrogens with one attached hydrogen (secondary N) is 1. The van der Waals surface area contributed by atoms with Gasteiger partial charge in [0, 0.05) is 6.54 Å². The molecule has 2 aromatic carbocycles. The summed E-state index contributed by atoms with van der Waals surface area (Å²) in [6.07, 6.45) is 0. The van der Waals surface area contributed by atoms with Crippen LogP contribution in [0.1, 0.15) is 11.1 Å². The largest absolute Gasteiger partial charge is 0.503 e. The van der Waals surface area contributed by atoms with Crippen molar-refractivity contribution in [2.24, 2.45) is 0 Å². The highest BCUT2D eigenvalue weighted by atomic mass is 35.5. The fourth-order valence-electron chi connectivity index (χ4n) is 1.68. The van der Waals surface area contributed by atoms with Gasteiger partial charge in [-0.15, -0.1) is 0 Å². The first kappa shape index (κ1) is 13.6. The summed E-state index contributed by atoms with van der Waals surface area (Å²) in [6.45, 7) is 2.12. The van der Waals surface area contributed by atoms with Crippen LogP contribution in [-0.2, 0) is 6.54 Å². The number of aromatic hydroxyl groups is 1. The van der Waals surface area contributed by atoms with Crippen molar-refractivity contribution in [3.63, 3.8) is 0 Å². The topological polar surface area (TPSA) is 32.3 Å². The molecule has 0 amide bonds. The summed E-state index contributed by atoms with van der Waals surface area (Å²) in [7, 11) is 0. The smallest absolute Gasteiger partial charge is 0.187 e. The Kier molecular flexibility index (Phi) is 3.90. The van der Waals surface area contributed by atoms with Crippen molar-refractivity contribution < 1.29 is 13.9 Å². The third-order valence-corrected chi connectivity index (χ3v) is 3.00. The molecule has 0 aliphatic rings. The summed E-state index contributed by atoms with van der Waals surface area (Å²) >= 11 is 6.03. The SMILES string of the molecule is Cc1ccc(NCc2cc(F)c(O)c(F)c2)c(Cl)c1. The van der Waals surface area contributed by atoms with E-state index in [1.54, 1.807) is 12.1 Å². The zero-order chi connectivity index (χ0) is 14.0. The Morgan fingerprint density at radius 2 is 1.79 bits per heavy atom. The Bertz CT molecular complexity index is 593. The standard InChI is InChI=1S/C14H12ClF2NO/c1-8-2-3-13(10(15)4-8)18-7-9-5-11(16)14(19)12(17)6-9/h2-6,18-19H,7H2,1H3. The van der Waals surface area contributed by atoms with Gasteiger partial charge in [-0.05, 0) is 42.3 Å². The van der Waals surface area contributed by atoms with Crippen LogP contribution >= 0.6 is 11.6 Å². The second-order valence-corrected chi connectivity index (χ2v) is 4.65. The number of hydrogen-bond donors (Lipinski definition) is 2. The number of phenols is 1. The number of benzene rings is 2. The van der Waals surface area contributed by atoms with E-state index in [2.05, 4.69) is 5.32 Å². The van der Waals surface area contributed by atoms with E-state index in [9.17, 15) is 8.78 Å². The van der Waals surface area contributed by atoms with Gasteiger partial charge in [0.05, 0.1) is 10.7 Å². The van der Waals surface area contributed by atoms with Gasteiger partial charge < -0.3 is 10.4 Å². The van der Waals surface area contributed by atoms with E-state index in [4.69, 9.17) is 16.7 Å². The van der Waals surface area contributed by atoms with Crippen molar-refractivity contribution in [2.75, 3.05) is 5.32 Å². The minimum absolute atomic E-state index is 0.205. The van der Waals surface area contributed by atoms with Gasteiger partial charge in [0.25, 0.3) is 0 Å². The predicted octanol–water partition coefficient (Wildman–Crippen LogP) is 4.24. The molecule has 0 saturated heterocycles. The van der Waals surface area contributed by atoms with Gasteiger partial charge in [-0.2, -0.15) is 0 Å². The Morgan fingerprint density at radius 1 is 1.16 bits per heavy atom. The number of hydrogen-bond acceptors (Lipinski definition) is 2. The van der Waals surface area contributed by atoms with Gasteiger partial charge in [-0.1, -0.05) is 17.7 Å². The Morgan fingerprint density at radius 3 is 2.37 bits per heavy atom. The van der Waals surface area contributed by atoms with Gasteiger partial charge in [0.15, 0.2) is 17.4 Å². The lowest BCUT2D eigenvalue weighted by Gasteiger charge is -2.10. The lowest BCUT2D eigenvalue weighted by atomic mass is 10.2. The van der Waals surface area contributed by atoms with Crippen molar-refractivity contribution in [1.29, 1.82) is 0 Å². The van der Waals surface area contributed by atoms with E-state index in [1.807, 2.05) is 13.0 Å². The van der Waals surface area contributed by atoms with Crippen molar-refractivity contribution in [3.8, 4) is 5.75 Å². The monoisotopic (exact) mass is 283 g/mol. The number of rotatable bonds is 3. The zero-order valence-corrected chi connectivity index (χ0v) is 10.9. The normalized spacial score (nSPS) is 10.5. The van der Waals surface area contributed by atoms with Crippen LogP contribution in [0.5, 0.6) is 5.75 Å². The number of anilines is 1. The average Bonchev–Trinajstić information content (AvgIpc) is 2.34. The summed E-state index contributed by atoms with van der Waals surface area (Å²) in [4.78, 5) is 0. The summed E-state index contributed by atoms with van der Waals surface area (Å²) in [5.74, 6) is -2.92. The molecule has 2 N–H and O–H groups in total. The maximum atomic E-state index is 13.2. The summed E-state index contributed by atoms with van der Waals surface area (Å²) in [5, 5.41) is 12.5. The molecule has 0 fully saturated rings. The molecule has 0 aliphatic heterocycles. The third-order valence-electron chi connectivity index (χ3n) is 2.68. The second-order valence-electron chi connectivity index (χ2n) is 4.24. The van der Waals surface area contributed by atoms with Gasteiger partial charge in [-0.25, -0.2) is 8.78 Å². The number of halogens is 3. The van der Waals surface area contributed by atoms with Crippen molar-refractivity contribution in [1.82, 2.24) is 0 Å². The van der Waals surface area contributed by atoms with Gasteiger partial charge >= 0.3 is 0 Å². The van der Waals surface area contributed by atoms with Crippen LogP contribution in [0.3, 0.4) is 0 Å². The Hall–Kier alpha value is -1.81. The quantitative estimate of drug-likeness (QED) is 0.883. The molecule has 0 aromatic heterocycles. The highest BCUT2D eigenvalue weighted by Gasteiger charge is 2.09. The molecule has 0 radical (unpaired) electrons. The fourth-order valence-corrected chi connectivity index (χ4v) is 1.98. The Balaban J connectivity index is 2.14. The minimum atomic E-state index is -0.980. The molecule has 0 aliphatic carbocycles. The molecule has 2 aromatic rings. The third kappa shape index (κ3) is 3.15. The van der Waals surface area contributed by atoms with Crippen LogP contribution in [0, 0.1) is 18.6 Å². The number of phenolic OH excluding ortho intramolecular Hbond substituents is 1. The molecule has 2 rings (SSSR count). The fraction of sp³-hybridized carbons (Fsp3) is 0.143. The lowest BCUT2D eigenvalue weighted by molar-refractivity contribution is 0.395. The first-order valence-corrected chi connectivity index (χ1v) is 6.02. The second kappa shape index (κ2) is 5.45. The van der Waals surface area contributed by atoms with E-state index in [1.165, 1.54) is 0 Å². The first-order chi connectivity index (χ1) is 8.97. The minimum Gasteiger partial charge on any atom is -0.503 e. The lowest BCUT2D eigenvalue weighted by Crippen LogP contribution is -2.01. The van der Waals surface area contributed by atoms with Crippen LogP contribution in [0.15, 0.2) is 30.3 Å². The van der Waals surface area contributed by atoms with Crippen molar-refractivity contribution in [2.45, 2.75) is 13.5 Å². The molecule has 2 nitrogen and oxygen atoms in total. The van der Waals surface area contributed by atoms with Crippen LogP contribution in [0.2, 0.25) is 5.02 Å². The van der Waals surface area contributed by atoms with Gasteiger partial charge in [0.2, 0.25) is 0 Å². The molecule has 0 spiro atoms. The highest BCUT2D eigenvalue weighted by molar-refractivity contribution is 6.33. The van der Waals surface area contributed by atoms with Crippen LogP contribution < -0.4 is 5.32 Å². The molecule has 100 valence electrons. The molecule has 0 saturated carbocycles. The van der Waals surface area contributed by atoms with Crippen molar-refractivity contribution >= 4 is 17.3 Å². The van der Waals surface area contributed by atoms with E-state index in [0.717, 1.165) is 17.7 Å². The van der Waals surface area contributed by atoms with E-state index >= 15 is 0 Å². The number of aryl methyl sites for hydroxylation is 1. The molecule has 0 heterocycles. The molecule has 5 heteroatoms. The summed E-state index contributed by atoms with van der Waals surface area (Å²) < 4.78 is 26.3. The maximum Gasteiger partial charge on any atom is 0.187 e. The van der Waals surface area contributed by atoms with E-state index < -0.39 is 17.4 Å². The summed E-state index contributed by atoms with van der Waals surface area (Å²) in [6, 6.07) is 7.62. The van der Waals surface area contributed by atoms with Crippen LogP contribution in [-0.4, -0.2) is 5.11 Å². The predicted molar refractivity (Wildman–Crippen MR) is 71.5 cm³/mol. The van der Waals surface area contributed by atoms with Crippen LogP contribution in [0.4, 0.5) is 14.5 Å². The van der Waals surface area contributed by atoms with Crippen LogP contribution in [0.25, 0.3) is 0 Å². The zero-order valence-electron chi connectivity index (χ0n) is 10.2. The highest BCUT2D eigenvalue weighted by Crippen LogP contribution is 2.25. The Labute approximate surface area is 114 Å². The van der Waals surface area contributed by atoms with E-state index in [-0.39, 0.29) is 6.54 Å². The first-order valence-electron chi connectivity index (χ1n) is 5.64. The van der Waals surface area contributed by atoms with Gasteiger partial charge in [0.1, 0.15) is 0 Å². The van der Waals surface area contributed by atoms with Crippen molar-refractivity contribution in [3.05, 3.63) is 58.1 Å². The molecule has 0 unspecified atom stereocenters. The van der Waals surface area contributed by atoms with E-state index in [0.29, 0.717) is 16.3 Å². The maximum absolute atomic E-state index is 13.2. The molecular weight excluding hydrogens is 272 g/mol. The molecule has 0 bridgehead atoms. The average molecular weight is 284 g/mol. The molecule has 0 atom stereocenters. The molecular formula is C14H12ClF2NO. The summed E-state index contributed by atoms with van der Waals surface area (Å²) in [5.41, 5.74) is 2.09.